The van der Waals surface area contributed by atoms with Gasteiger partial charge in [-0.15, -0.1) is 0 Å². The number of nitrogens with two attached hydrogens (primary N) is 1. The fraction of sp³-hybridized carbons (Fsp3) is 0.100. The summed E-state index contributed by atoms with van der Waals surface area (Å²) >= 11 is 6.07. The van der Waals surface area contributed by atoms with Crippen LogP contribution in [0, 0.1) is 5.82 Å². The molecule has 0 spiro atoms. The van der Waals surface area contributed by atoms with Crippen LogP contribution in [0.4, 0.5) is 4.39 Å². The maximum atomic E-state index is 13.4. The van der Waals surface area contributed by atoms with E-state index in [-0.39, 0.29) is 29.2 Å². The summed E-state index contributed by atoms with van der Waals surface area (Å²) in [6.07, 6.45) is 0. The Morgan fingerprint density at radius 3 is 2.52 bits per heavy atom. The highest BCUT2D eigenvalue weighted by molar-refractivity contribution is 6.30. The number of amides is 1. The molecule has 0 saturated carbocycles. The molecular formula is C20H15ClFN5O2. The first-order valence-electron chi connectivity index (χ1n) is 8.75. The van der Waals surface area contributed by atoms with Gasteiger partial charge in [0.15, 0.2) is 17.2 Å². The molecule has 2 aromatic heterocycles. The molecule has 0 aliphatic heterocycles. The van der Waals surface area contributed by atoms with Crippen LogP contribution in [0.1, 0.15) is 17.4 Å². The van der Waals surface area contributed by atoms with Gasteiger partial charge in [-0.25, -0.2) is 23.7 Å². The summed E-state index contributed by atoms with van der Waals surface area (Å²) < 4.78 is 16.1. The minimum absolute atomic E-state index is 0.0789. The zero-order chi connectivity index (χ0) is 20.7. The van der Waals surface area contributed by atoms with E-state index in [0.717, 1.165) is 0 Å². The molecule has 0 radical (unpaired) electrons. The summed E-state index contributed by atoms with van der Waals surface area (Å²) in [7, 11) is 0. The van der Waals surface area contributed by atoms with E-state index in [1.165, 1.54) is 33.4 Å². The minimum atomic E-state index is -0.792. The molecule has 1 amide bonds. The van der Waals surface area contributed by atoms with Gasteiger partial charge in [-0.05, 0) is 43.3 Å². The van der Waals surface area contributed by atoms with E-state index < -0.39 is 17.4 Å². The van der Waals surface area contributed by atoms with E-state index in [9.17, 15) is 14.0 Å². The number of fused-ring (bicyclic) bond motifs is 1. The molecule has 0 fully saturated rings. The Balaban J connectivity index is 2.13. The molecule has 9 heteroatoms. The van der Waals surface area contributed by atoms with Crippen molar-refractivity contribution in [2.24, 2.45) is 5.73 Å². The molecule has 0 bridgehead atoms. The van der Waals surface area contributed by atoms with Crippen LogP contribution in [0.25, 0.3) is 28.2 Å². The molecule has 0 aliphatic rings. The molecule has 0 atom stereocenters. The summed E-state index contributed by atoms with van der Waals surface area (Å²) in [5.74, 6) is -1.04. The number of hydrogen-bond donors (Lipinski definition) is 1. The van der Waals surface area contributed by atoms with Crippen molar-refractivity contribution in [2.75, 3.05) is 0 Å². The number of primary amides is 1. The van der Waals surface area contributed by atoms with E-state index in [4.69, 9.17) is 17.3 Å². The Labute approximate surface area is 169 Å². The summed E-state index contributed by atoms with van der Waals surface area (Å²) in [4.78, 5) is 34.1. The van der Waals surface area contributed by atoms with Crippen LogP contribution in [-0.4, -0.2) is 25.0 Å². The lowest BCUT2D eigenvalue weighted by Crippen LogP contribution is -2.23. The molecule has 2 heterocycles. The van der Waals surface area contributed by atoms with Gasteiger partial charge < -0.3 is 5.73 Å². The number of carbonyl (C=O) groups is 1. The topological polar surface area (TPSA) is 95.8 Å². The predicted molar refractivity (Wildman–Crippen MR) is 108 cm³/mol. The normalized spacial score (nSPS) is 11.1. The van der Waals surface area contributed by atoms with Crippen LogP contribution in [-0.2, 0) is 6.54 Å². The molecule has 2 aromatic carbocycles. The van der Waals surface area contributed by atoms with Gasteiger partial charge in [0.1, 0.15) is 11.3 Å². The molecule has 0 unspecified atom stereocenters. The third-order valence-electron chi connectivity index (χ3n) is 4.49. The number of rotatable bonds is 4. The van der Waals surface area contributed by atoms with Gasteiger partial charge in [-0.2, -0.15) is 0 Å². The third-order valence-corrected chi connectivity index (χ3v) is 4.72. The summed E-state index contributed by atoms with van der Waals surface area (Å²) in [6, 6.07) is 12.2. The highest BCUT2D eigenvalue weighted by Gasteiger charge is 2.23. The zero-order valence-electron chi connectivity index (χ0n) is 15.3. The van der Waals surface area contributed by atoms with E-state index in [2.05, 4.69) is 9.97 Å². The number of nitrogens with zero attached hydrogens (tertiary/aromatic N) is 4. The molecule has 146 valence electrons. The van der Waals surface area contributed by atoms with E-state index in [1.54, 1.807) is 31.2 Å². The van der Waals surface area contributed by atoms with Gasteiger partial charge >= 0.3 is 5.69 Å². The van der Waals surface area contributed by atoms with Crippen molar-refractivity contribution in [1.82, 2.24) is 19.1 Å². The fourth-order valence-electron chi connectivity index (χ4n) is 3.20. The maximum absolute atomic E-state index is 13.4. The van der Waals surface area contributed by atoms with Gasteiger partial charge in [0, 0.05) is 17.1 Å². The summed E-state index contributed by atoms with van der Waals surface area (Å²) in [5, 5.41) is 0.467. The molecule has 7 nitrogen and oxygen atoms in total. The van der Waals surface area contributed by atoms with Gasteiger partial charge in [0.05, 0.1) is 5.69 Å². The molecular weight excluding hydrogens is 397 g/mol. The number of carbonyl (C=O) groups excluding carboxylic acids is 1. The first kappa shape index (κ1) is 18.8. The van der Waals surface area contributed by atoms with Crippen molar-refractivity contribution in [2.45, 2.75) is 13.5 Å². The highest BCUT2D eigenvalue weighted by Crippen LogP contribution is 2.25. The number of hydrogen-bond acceptors (Lipinski definition) is 4. The SMILES string of the molecule is CCn1c(=O)n(-c2ccc(F)cc2)c2nc(-c3cccc(Cl)c3)nc(C(N)=O)c21. The number of benzene rings is 2. The van der Waals surface area contributed by atoms with Crippen molar-refractivity contribution >= 4 is 28.7 Å². The lowest BCUT2D eigenvalue weighted by Gasteiger charge is -2.07. The first-order chi connectivity index (χ1) is 13.9. The van der Waals surface area contributed by atoms with Crippen molar-refractivity contribution in [3.8, 4) is 17.1 Å². The molecule has 0 saturated heterocycles. The zero-order valence-corrected chi connectivity index (χ0v) is 16.0. The lowest BCUT2D eigenvalue weighted by molar-refractivity contribution is 0.0997. The van der Waals surface area contributed by atoms with Gasteiger partial charge in [0.2, 0.25) is 0 Å². The van der Waals surface area contributed by atoms with Gasteiger partial charge in [-0.3, -0.25) is 9.36 Å². The Bertz CT molecular complexity index is 1310. The van der Waals surface area contributed by atoms with Crippen LogP contribution in [0.2, 0.25) is 5.02 Å². The number of aryl methyl sites for hydroxylation is 1. The first-order valence-corrected chi connectivity index (χ1v) is 9.13. The lowest BCUT2D eigenvalue weighted by atomic mass is 10.2. The van der Waals surface area contributed by atoms with Crippen LogP contribution in [0.5, 0.6) is 0 Å². The van der Waals surface area contributed by atoms with Gasteiger partial charge in [-0.1, -0.05) is 23.7 Å². The Kier molecular flexibility index (Phi) is 4.63. The highest BCUT2D eigenvalue weighted by atomic mass is 35.5. The molecule has 4 rings (SSSR count). The van der Waals surface area contributed by atoms with Crippen molar-refractivity contribution in [1.29, 1.82) is 0 Å². The van der Waals surface area contributed by atoms with Gasteiger partial charge in [0.25, 0.3) is 5.91 Å². The quantitative estimate of drug-likeness (QED) is 0.558. The van der Waals surface area contributed by atoms with Crippen molar-refractivity contribution in [3.05, 3.63) is 75.5 Å². The monoisotopic (exact) mass is 411 g/mol. The third kappa shape index (κ3) is 3.17. The smallest absolute Gasteiger partial charge is 0.335 e. The van der Waals surface area contributed by atoms with E-state index in [1.807, 2.05) is 0 Å². The molecule has 2 N–H and O–H groups in total. The average molecular weight is 412 g/mol. The van der Waals surface area contributed by atoms with Crippen LogP contribution in [0.15, 0.2) is 53.3 Å². The minimum Gasteiger partial charge on any atom is -0.364 e. The predicted octanol–water partition coefficient (Wildman–Crippen LogP) is 3.16. The summed E-state index contributed by atoms with van der Waals surface area (Å²) in [6.45, 7) is 2.02. The standard InChI is InChI=1S/C20H15ClFN5O2/c1-2-26-16-15(17(23)28)24-18(11-4-3-5-12(21)10-11)25-19(16)27(20(26)29)14-8-6-13(22)7-9-14/h3-10H,2H2,1H3,(H2,23,28). The largest absolute Gasteiger partial charge is 0.364 e. The van der Waals surface area contributed by atoms with Crippen molar-refractivity contribution < 1.29 is 9.18 Å². The van der Waals surface area contributed by atoms with Crippen LogP contribution >= 0.6 is 11.6 Å². The average Bonchev–Trinajstić information content (AvgIpc) is 2.99. The van der Waals surface area contributed by atoms with Crippen LogP contribution in [0.3, 0.4) is 0 Å². The Morgan fingerprint density at radius 1 is 1.17 bits per heavy atom. The second-order valence-electron chi connectivity index (χ2n) is 6.28. The Hall–Kier alpha value is -3.52. The molecule has 4 aromatic rings. The maximum Gasteiger partial charge on any atom is 0.335 e. The second kappa shape index (κ2) is 7.14. The van der Waals surface area contributed by atoms with Crippen molar-refractivity contribution in [3.63, 3.8) is 0 Å². The molecule has 29 heavy (non-hydrogen) atoms. The second-order valence-corrected chi connectivity index (χ2v) is 6.72. The van der Waals surface area contributed by atoms with E-state index >= 15 is 0 Å². The molecule has 0 aliphatic carbocycles. The van der Waals surface area contributed by atoms with Crippen LogP contribution < -0.4 is 11.4 Å². The number of imidazole rings is 1. The Morgan fingerprint density at radius 2 is 1.90 bits per heavy atom. The number of aromatic nitrogens is 4. The summed E-state index contributed by atoms with van der Waals surface area (Å²) in [5.41, 5.74) is 6.43. The number of halogens is 2. The fourth-order valence-corrected chi connectivity index (χ4v) is 3.39. The van der Waals surface area contributed by atoms with E-state index in [0.29, 0.717) is 16.3 Å².